The number of aromatic hydroxyl groups is 1. The van der Waals surface area contributed by atoms with Crippen LogP contribution in [0, 0.1) is 0 Å². The number of benzene rings is 2. The number of ether oxygens (including phenoxy) is 1. The lowest BCUT2D eigenvalue weighted by Crippen LogP contribution is -2.11. The molecular formula is C17H18N2O2S2. The number of thiocarbonyl (C=S) groups is 1. The molecule has 2 N–H and O–H groups in total. The van der Waals surface area contributed by atoms with Crippen LogP contribution in [0.3, 0.4) is 0 Å². The summed E-state index contributed by atoms with van der Waals surface area (Å²) in [6, 6.07) is 15.2. The van der Waals surface area contributed by atoms with E-state index in [2.05, 4.69) is 22.7 Å². The van der Waals surface area contributed by atoms with Crippen LogP contribution in [0.25, 0.3) is 0 Å². The number of nitrogens with one attached hydrogen (secondary N) is 1. The van der Waals surface area contributed by atoms with Crippen LogP contribution >= 0.6 is 24.0 Å². The summed E-state index contributed by atoms with van der Waals surface area (Å²) in [5.74, 6) is 1.36. The highest BCUT2D eigenvalue weighted by Crippen LogP contribution is 2.26. The molecular weight excluding hydrogens is 328 g/mol. The van der Waals surface area contributed by atoms with Gasteiger partial charge >= 0.3 is 0 Å². The van der Waals surface area contributed by atoms with E-state index in [1.54, 1.807) is 24.4 Å². The number of hydrazone groups is 1. The molecule has 0 aliphatic rings. The number of rotatable bonds is 6. The smallest absolute Gasteiger partial charge is 0.161 e. The van der Waals surface area contributed by atoms with Crippen molar-refractivity contribution in [1.82, 2.24) is 5.43 Å². The van der Waals surface area contributed by atoms with Gasteiger partial charge in [0.2, 0.25) is 0 Å². The lowest BCUT2D eigenvalue weighted by molar-refractivity contribution is 0.318. The maximum absolute atomic E-state index is 9.65. The zero-order chi connectivity index (χ0) is 16.5. The van der Waals surface area contributed by atoms with Gasteiger partial charge in [-0.25, -0.2) is 0 Å². The standard InChI is InChI=1S/C17H18N2O2S2/c1-2-21-16-10-14(8-9-15(16)20)11-18-19-17(22)23-12-13-6-4-3-5-7-13/h3-11,20H,2,12H2,1H3,(H,19,22)/b18-11+. The van der Waals surface area contributed by atoms with Gasteiger partial charge in [-0.2, -0.15) is 5.10 Å². The van der Waals surface area contributed by atoms with Gasteiger partial charge in [0.25, 0.3) is 0 Å². The SMILES string of the molecule is CCOc1cc(/C=N/NC(=S)SCc2ccccc2)ccc1O. The summed E-state index contributed by atoms with van der Waals surface area (Å²) in [6.07, 6.45) is 1.64. The molecule has 2 aromatic rings. The van der Waals surface area contributed by atoms with E-state index in [0.29, 0.717) is 16.7 Å². The molecule has 2 rings (SSSR count). The Hall–Kier alpha value is -2.05. The lowest BCUT2D eigenvalue weighted by atomic mass is 10.2. The van der Waals surface area contributed by atoms with Gasteiger partial charge in [0.1, 0.15) is 0 Å². The summed E-state index contributed by atoms with van der Waals surface area (Å²) in [7, 11) is 0. The van der Waals surface area contributed by atoms with Gasteiger partial charge in [-0.3, -0.25) is 5.43 Å². The van der Waals surface area contributed by atoms with Crippen molar-refractivity contribution in [3.05, 3.63) is 59.7 Å². The van der Waals surface area contributed by atoms with Gasteiger partial charge in [-0.15, -0.1) is 0 Å². The van der Waals surface area contributed by atoms with Crippen molar-refractivity contribution in [1.29, 1.82) is 0 Å². The average Bonchev–Trinajstić information content (AvgIpc) is 2.57. The molecule has 0 amide bonds. The third-order valence-electron chi connectivity index (χ3n) is 2.87. The van der Waals surface area contributed by atoms with Crippen molar-refractivity contribution in [2.24, 2.45) is 5.10 Å². The predicted octanol–water partition coefficient (Wildman–Crippen LogP) is 3.93. The highest BCUT2D eigenvalue weighted by atomic mass is 32.2. The number of thioether (sulfide) groups is 1. The second-order valence-electron chi connectivity index (χ2n) is 4.59. The Balaban J connectivity index is 1.84. The van der Waals surface area contributed by atoms with Gasteiger partial charge in [-0.05, 0) is 36.2 Å². The normalized spacial score (nSPS) is 10.7. The second kappa shape index (κ2) is 9.17. The average molecular weight is 346 g/mol. The van der Waals surface area contributed by atoms with E-state index in [9.17, 15) is 5.11 Å². The van der Waals surface area contributed by atoms with Crippen LogP contribution in [0.2, 0.25) is 0 Å². The van der Waals surface area contributed by atoms with Gasteiger partial charge in [0.15, 0.2) is 15.8 Å². The van der Waals surface area contributed by atoms with Crippen LogP contribution < -0.4 is 10.2 Å². The van der Waals surface area contributed by atoms with Crippen molar-refractivity contribution in [3.8, 4) is 11.5 Å². The van der Waals surface area contributed by atoms with Crippen LogP contribution in [-0.2, 0) is 5.75 Å². The molecule has 0 radical (unpaired) electrons. The topological polar surface area (TPSA) is 53.8 Å². The van der Waals surface area contributed by atoms with Gasteiger partial charge in [0.05, 0.1) is 12.8 Å². The maximum Gasteiger partial charge on any atom is 0.161 e. The molecule has 0 saturated carbocycles. The number of hydrogen-bond donors (Lipinski definition) is 2. The lowest BCUT2D eigenvalue weighted by Gasteiger charge is -2.06. The van der Waals surface area contributed by atoms with Crippen LogP contribution in [0.15, 0.2) is 53.6 Å². The molecule has 4 nitrogen and oxygen atoms in total. The van der Waals surface area contributed by atoms with Gasteiger partial charge in [-0.1, -0.05) is 54.3 Å². The Labute approximate surface area is 145 Å². The highest BCUT2D eigenvalue weighted by Gasteiger charge is 2.02. The summed E-state index contributed by atoms with van der Waals surface area (Å²) in [5, 5.41) is 13.8. The number of nitrogens with zero attached hydrogens (tertiary/aromatic N) is 1. The summed E-state index contributed by atoms with van der Waals surface area (Å²) in [6.45, 7) is 2.36. The molecule has 2 aromatic carbocycles. The van der Waals surface area contributed by atoms with E-state index in [1.807, 2.05) is 25.1 Å². The monoisotopic (exact) mass is 346 g/mol. The van der Waals surface area contributed by atoms with E-state index < -0.39 is 0 Å². The molecule has 0 aliphatic heterocycles. The Morgan fingerprint density at radius 3 is 2.83 bits per heavy atom. The summed E-state index contributed by atoms with van der Waals surface area (Å²) in [5.41, 5.74) is 4.86. The van der Waals surface area contributed by atoms with Crippen molar-refractivity contribution in [3.63, 3.8) is 0 Å². The van der Waals surface area contributed by atoms with Crippen molar-refractivity contribution in [2.45, 2.75) is 12.7 Å². The first-order valence-electron chi connectivity index (χ1n) is 7.14. The molecule has 0 spiro atoms. The van der Waals surface area contributed by atoms with E-state index >= 15 is 0 Å². The van der Waals surface area contributed by atoms with Crippen molar-refractivity contribution in [2.75, 3.05) is 6.61 Å². The summed E-state index contributed by atoms with van der Waals surface area (Å²) < 4.78 is 5.94. The fourth-order valence-electron chi connectivity index (χ4n) is 1.80. The van der Waals surface area contributed by atoms with Crippen molar-refractivity contribution >= 4 is 34.5 Å². The number of phenolic OH excluding ortho intramolecular Hbond substituents is 1. The maximum atomic E-state index is 9.65. The minimum absolute atomic E-state index is 0.117. The van der Waals surface area contributed by atoms with Crippen molar-refractivity contribution < 1.29 is 9.84 Å². The second-order valence-corrected chi connectivity index (χ2v) is 6.24. The van der Waals surface area contributed by atoms with Crippen LogP contribution in [0.5, 0.6) is 11.5 Å². The summed E-state index contributed by atoms with van der Waals surface area (Å²) >= 11 is 6.75. The molecule has 0 fully saturated rings. The largest absolute Gasteiger partial charge is 0.504 e. The van der Waals surface area contributed by atoms with Gasteiger partial charge < -0.3 is 9.84 Å². The molecule has 0 bridgehead atoms. The molecule has 0 atom stereocenters. The molecule has 0 saturated heterocycles. The minimum Gasteiger partial charge on any atom is -0.504 e. The summed E-state index contributed by atoms with van der Waals surface area (Å²) in [4.78, 5) is 0. The highest BCUT2D eigenvalue weighted by molar-refractivity contribution is 8.22. The fourth-order valence-corrected chi connectivity index (χ4v) is 2.63. The molecule has 0 aliphatic carbocycles. The molecule has 0 aromatic heterocycles. The third-order valence-corrected chi connectivity index (χ3v) is 4.14. The Kier molecular flexibility index (Phi) is 6.90. The molecule has 0 heterocycles. The first-order valence-corrected chi connectivity index (χ1v) is 8.54. The predicted molar refractivity (Wildman–Crippen MR) is 100 cm³/mol. The van der Waals surface area contributed by atoms with E-state index in [-0.39, 0.29) is 5.75 Å². The Bertz CT molecular complexity index is 676. The van der Waals surface area contributed by atoms with Crippen LogP contribution in [-0.4, -0.2) is 22.2 Å². The van der Waals surface area contributed by atoms with Gasteiger partial charge in [0, 0.05) is 5.75 Å². The van der Waals surface area contributed by atoms with E-state index in [1.165, 1.54) is 17.3 Å². The molecule has 0 unspecified atom stereocenters. The number of phenols is 1. The molecule has 23 heavy (non-hydrogen) atoms. The molecule has 6 heteroatoms. The third kappa shape index (κ3) is 5.92. The minimum atomic E-state index is 0.117. The Morgan fingerprint density at radius 1 is 1.30 bits per heavy atom. The zero-order valence-electron chi connectivity index (χ0n) is 12.7. The number of hydrogen-bond acceptors (Lipinski definition) is 5. The quantitative estimate of drug-likeness (QED) is 0.471. The van der Waals surface area contributed by atoms with Crippen LogP contribution in [0.1, 0.15) is 18.1 Å². The fraction of sp³-hybridized carbons (Fsp3) is 0.176. The zero-order valence-corrected chi connectivity index (χ0v) is 14.4. The van der Waals surface area contributed by atoms with E-state index in [0.717, 1.165) is 11.3 Å². The first kappa shape index (κ1) is 17.3. The Morgan fingerprint density at radius 2 is 2.09 bits per heavy atom. The first-order chi connectivity index (χ1) is 11.2. The molecule has 120 valence electrons. The van der Waals surface area contributed by atoms with E-state index in [4.69, 9.17) is 17.0 Å². The van der Waals surface area contributed by atoms with Crippen LogP contribution in [0.4, 0.5) is 0 Å².